The van der Waals surface area contributed by atoms with Gasteiger partial charge in [0.25, 0.3) is 11.8 Å². The van der Waals surface area contributed by atoms with Crippen LogP contribution in [-0.2, 0) is 15.8 Å². The molecule has 12 heteroatoms. The smallest absolute Gasteiger partial charge is 0.326 e. The Labute approximate surface area is 278 Å². The van der Waals surface area contributed by atoms with Crippen molar-refractivity contribution in [2.45, 2.75) is 45.7 Å². The van der Waals surface area contributed by atoms with Crippen LogP contribution in [0.5, 0.6) is 0 Å². The van der Waals surface area contributed by atoms with Crippen LogP contribution >= 0.6 is 15.9 Å². The molecule has 0 saturated heterocycles. The molecule has 4 aromatic carbocycles. The van der Waals surface area contributed by atoms with Crippen LogP contribution in [0.1, 0.15) is 65.8 Å². The van der Waals surface area contributed by atoms with Gasteiger partial charge in [0.05, 0.1) is 16.7 Å². The second-order valence-electron chi connectivity index (χ2n) is 10.6. The van der Waals surface area contributed by atoms with E-state index in [9.17, 15) is 32.3 Å². The first-order valence-corrected chi connectivity index (χ1v) is 15.6. The SMILES string of the molecule is CCCC(=O)Nc1cc(NC(=O)c2ccccc2C(F)(F)F)cc(-c2cc(NC(=O)c3ccccc3Br)ccc2NC(=O)CCC)c1. The number of benzene rings is 4. The number of anilines is 4. The van der Waals surface area contributed by atoms with Gasteiger partial charge in [-0.05, 0) is 95.0 Å². The van der Waals surface area contributed by atoms with E-state index in [2.05, 4.69) is 37.2 Å². The zero-order valence-electron chi connectivity index (χ0n) is 25.6. The minimum atomic E-state index is -4.76. The Balaban J connectivity index is 1.81. The van der Waals surface area contributed by atoms with Crippen molar-refractivity contribution < 1.29 is 32.3 Å². The minimum absolute atomic E-state index is 0.0877. The Morgan fingerprint density at radius 3 is 1.83 bits per heavy atom. The summed E-state index contributed by atoms with van der Waals surface area (Å²) in [6.07, 6.45) is -3.15. The molecule has 4 aromatic rings. The molecule has 0 radical (unpaired) electrons. The van der Waals surface area contributed by atoms with Gasteiger partial charge in [-0.25, -0.2) is 0 Å². The van der Waals surface area contributed by atoms with E-state index in [1.807, 2.05) is 13.8 Å². The zero-order valence-corrected chi connectivity index (χ0v) is 27.1. The average Bonchev–Trinajstić information content (AvgIpc) is 3.01. The zero-order chi connectivity index (χ0) is 34.1. The van der Waals surface area contributed by atoms with Gasteiger partial charge >= 0.3 is 6.18 Å². The standard InChI is InChI=1S/C35H32BrF3N4O4/c1-3-9-31(44)40-23-17-21(18-24(19-23)42-33(46)25-11-5-7-13-28(25)35(37,38)39)27-20-22(15-16-30(27)43-32(45)10-4-2)41-34(47)26-12-6-8-14-29(26)36/h5-8,11-20H,3-4,9-10H2,1-2H3,(H,40,44)(H,41,47)(H,42,46)(H,43,45). The highest BCUT2D eigenvalue weighted by molar-refractivity contribution is 9.10. The number of amides is 4. The molecule has 0 aliphatic heterocycles. The summed E-state index contributed by atoms with van der Waals surface area (Å²) < 4.78 is 41.6. The van der Waals surface area contributed by atoms with Gasteiger partial charge in [0.2, 0.25) is 11.8 Å². The maximum atomic E-state index is 13.7. The van der Waals surface area contributed by atoms with Crippen LogP contribution in [0.15, 0.2) is 89.4 Å². The summed E-state index contributed by atoms with van der Waals surface area (Å²) in [4.78, 5) is 51.5. The number of alkyl halides is 3. The van der Waals surface area contributed by atoms with Crippen molar-refractivity contribution in [3.8, 4) is 11.1 Å². The topological polar surface area (TPSA) is 116 Å². The van der Waals surface area contributed by atoms with Crippen LogP contribution in [0.3, 0.4) is 0 Å². The van der Waals surface area contributed by atoms with E-state index in [1.54, 1.807) is 48.5 Å². The van der Waals surface area contributed by atoms with Crippen LogP contribution in [0, 0.1) is 0 Å². The number of hydrogen-bond donors (Lipinski definition) is 4. The Kier molecular flexibility index (Phi) is 11.5. The van der Waals surface area contributed by atoms with E-state index in [-0.39, 0.29) is 36.0 Å². The van der Waals surface area contributed by atoms with E-state index in [0.29, 0.717) is 45.4 Å². The summed E-state index contributed by atoms with van der Waals surface area (Å²) in [7, 11) is 0. The predicted molar refractivity (Wildman–Crippen MR) is 180 cm³/mol. The molecule has 0 heterocycles. The average molecular weight is 710 g/mol. The molecular weight excluding hydrogens is 677 g/mol. The molecular formula is C35H32BrF3N4O4. The third-order valence-corrected chi connectivity index (χ3v) is 7.58. The van der Waals surface area contributed by atoms with Crippen LogP contribution in [0.25, 0.3) is 11.1 Å². The molecule has 4 rings (SSSR count). The Hall–Kier alpha value is -4.97. The lowest BCUT2D eigenvalue weighted by atomic mass is 10.00. The number of rotatable bonds is 11. The van der Waals surface area contributed by atoms with Gasteiger partial charge in [-0.1, -0.05) is 38.1 Å². The van der Waals surface area contributed by atoms with Gasteiger partial charge in [0.1, 0.15) is 0 Å². The van der Waals surface area contributed by atoms with Crippen molar-refractivity contribution in [3.05, 3.63) is 106 Å². The molecule has 244 valence electrons. The van der Waals surface area contributed by atoms with E-state index >= 15 is 0 Å². The fourth-order valence-corrected chi connectivity index (χ4v) is 5.22. The fraction of sp³-hybridized carbons (Fsp3) is 0.200. The first-order chi connectivity index (χ1) is 22.4. The predicted octanol–water partition coefficient (Wildman–Crippen LogP) is 9.12. The molecule has 47 heavy (non-hydrogen) atoms. The summed E-state index contributed by atoms with van der Waals surface area (Å²) in [5, 5.41) is 11.0. The van der Waals surface area contributed by atoms with E-state index in [0.717, 1.165) is 12.1 Å². The van der Waals surface area contributed by atoms with Crippen molar-refractivity contribution >= 4 is 62.3 Å². The lowest BCUT2D eigenvalue weighted by Gasteiger charge is -2.17. The highest BCUT2D eigenvalue weighted by Gasteiger charge is 2.35. The third-order valence-electron chi connectivity index (χ3n) is 6.89. The van der Waals surface area contributed by atoms with Gasteiger partial charge in [-0.2, -0.15) is 13.2 Å². The quantitative estimate of drug-likeness (QED) is 0.124. The lowest BCUT2D eigenvalue weighted by molar-refractivity contribution is -0.138. The Morgan fingerprint density at radius 2 is 1.19 bits per heavy atom. The normalized spacial score (nSPS) is 11.0. The molecule has 0 fully saturated rings. The second-order valence-corrected chi connectivity index (χ2v) is 11.4. The van der Waals surface area contributed by atoms with E-state index < -0.39 is 29.1 Å². The molecule has 0 aliphatic carbocycles. The molecule has 0 aliphatic rings. The second kappa shape index (κ2) is 15.5. The van der Waals surface area contributed by atoms with Gasteiger partial charge in [-0.15, -0.1) is 0 Å². The van der Waals surface area contributed by atoms with Crippen LogP contribution in [0.4, 0.5) is 35.9 Å². The van der Waals surface area contributed by atoms with Gasteiger partial charge < -0.3 is 21.3 Å². The van der Waals surface area contributed by atoms with Crippen molar-refractivity contribution in [3.63, 3.8) is 0 Å². The number of halogens is 4. The number of nitrogens with one attached hydrogen (secondary N) is 4. The van der Waals surface area contributed by atoms with Crippen molar-refractivity contribution in [2.75, 3.05) is 21.3 Å². The molecule has 0 aromatic heterocycles. The number of hydrogen-bond acceptors (Lipinski definition) is 4. The highest BCUT2D eigenvalue weighted by Crippen LogP contribution is 2.36. The summed E-state index contributed by atoms with van der Waals surface area (Å²) in [5.41, 5.74) is 0.613. The van der Waals surface area contributed by atoms with Crippen molar-refractivity contribution in [1.29, 1.82) is 0 Å². The van der Waals surface area contributed by atoms with Crippen LogP contribution in [0.2, 0.25) is 0 Å². The maximum absolute atomic E-state index is 13.7. The van der Waals surface area contributed by atoms with E-state index in [4.69, 9.17) is 0 Å². The Morgan fingerprint density at radius 1 is 0.638 bits per heavy atom. The highest BCUT2D eigenvalue weighted by atomic mass is 79.9. The number of carbonyl (C=O) groups is 4. The molecule has 0 unspecified atom stereocenters. The van der Waals surface area contributed by atoms with Crippen LogP contribution < -0.4 is 21.3 Å². The molecule has 8 nitrogen and oxygen atoms in total. The van der Waals surface area contributed by atoms with Crippen molar-refractivity contribution in [1.82, 2.24) is 0 Å². The largest absolute Gasteiger partial charge is 0.417 e. The summed E-state index contributed by atoms with van der Waals surface area (Å²) in [6.45, 7) is 3.69. The summed E-state index contributed by atoms with van der Waals surface area (Å²) in [5.74, 6) is -1.98. The maximum Gasteiger partial charge on any atom is 0.417 e. The van der Waals surface area contributed by atoms with Crippen molar-refractivity contribution in [2.24, 2.45) is 0 Å². The molecule has 0 atom stereocenters. The first kappa shape index (κ1) is 34.9. The molecule has 0 saturated carbocycles. The summed E-state index contributed by atoms with van der Waals surface area (Å²) >= 11 is 3.37. The third kappa shape index (κ3) is 9.29. The minimum Gasteiger partial charge on any atom is -0.326 e. The van der Waals surface area contributed by atoms with Gasteiger partial charge in [0, 0.05) is 45.6 Å². The monoisotopic (exact) mass is 708 g/mol. The first-order valence-electron chi connectivity index (χ1n) is 14.8. The molecule has 0 bridgehead atoms. The molecule has 4 N–H and O–H groups in total. The molecule has 4 amide bonds. The molecule has 0 spiro atoms. The Bertz CT molecular complexity index is 1810. The fourth-order valence-electron chi connectivity index (χ4n) is 4.76. The number of carbonyl (C=O) groups excluding carboxylic acids is 4. The summed E-state index contributed by atoms with van der Waals surface area (Å²) in [6, 6.07) is 20.7. The van der Waals surface area contributed by atoms with Crippen LogP contribution in [-0.4, -0.2) is 23.6 Å². The van der Waals surface area contributed by atoms with E-state index in [1.165, 1.54) is 24.3 Å². The van der Waals surface area contributed by atoms with Gasteiger partial charge in [0.15, 0.2) is 0 Å². The van der Waals surface area contributed by atoms with Gasteiger partial charge in [-0.3, -0.25) is 19.2 Å². The lowest BCUT2D eigenvalue weighted by Crippen LogP contribution is -2.19.